The number of ether oxygens (including phenoxy) is 1. The van der Waals surface area contributed by atoms with Crippen LogP contribution >= 0.6 is 0 Å². The fraction of sp³-hybridized carbons (Fsp3) is 0.174. The molecule has 3 rings (SSSR count). The average Bonchev–Trinajstić information content (AvgIpc) is 2.79. The maximum atomic E-state index is 12.8. The summed E-state index contributed by atoms with van der Waals surface area (Å²) in [4.78, 5) is 27.8. The molecule has 4 N–H and O–H groups in total. The molecule has 3 amide bonds. The van der Waals surface area contributed by atoms with Crippen LogP contribution in [-0.4, -0.2) is 29.1 Å². The van der Waals surface area contributed by atoms with Gasteiger partial charge in [0.1, 0.15) is 22.9 Å². The number of anilines is 1. The lowest BCUT2D eigenvalue weighted by Gasteiger charge is -2.13. The number of alkyl halides is 3. The number of hydrogen-bond donors (Lipinski definition) is 4. The molecule has 1 aromatic heterocycles. The number of benzene rings is 2. The number of hydrogen-bond acceptors (Lipinski definition) is 5. The van der Waals surface area contributed by atoms with Gasteiger partial charge < -0.3 is 25.8 Å². The van der Waals surface area contributed by atoms with Gasteiger partial charge in [0, 0.05) is 25.9 Å². The summed E-state index contributed by atoms with van der Waals surface area (Å²) in [5.41, 5.74) is 0.294. The van der Waals surface area contributed by atoms with Crippen molar-refractivity contribution in [3.05, 3.63) is 77.1 Å². The van der Waals surface area contributed by atoms with Crippen molar-refractivity contribution in [3.63, 3.8) is 0 Å². The average molecular weight is 474 g/mol. The Labute approximate surface area is 192 Å². The van der Waals surface area contributed by atoms with Gasteiger partial charge in [-0.25, -0.2) is 4.79 Å². The highest BCUT2D eigenvalue weighted by Gasteiger charge is 2.31. The number of phenolic OH excluding ortho intramolecular Hbond substituents is 1. The van der Waals surface area contributed by atoms with Gasteiger partial charge in [0.2, 0.25) is 0 Å². The Morgan fingerprint density at radius 1 is 1.09 bits per heavy atom. The summed E-state index contributed by atoms with van der Waals surface area (Å²) < 4.78 is 44.4. The molecule has 3 aromatic rings. The van der Waals surface area contributed by atoms with E-state index in [4.69, 9.17) is 4.74 Å². The topological polar surface area (TPSA) is 113 Å². The lowest BCUT2D eigenvalue weighted by molar-refractivity contribution is -0.137. The Balaban J connectivity index is 1.62. The van der Waals surface area contributed by atoms with Crippen LogP contribution in [0.25, 0.3) is 0 Å². The summed E-state index contributed by atoms with van der Waals surface area (Å²) in [6.45, 7) is 1.86. The standard InChI is InChI=1S/C23H21F3N4O4/c1-13-9-14(3-6-20(13)34-16-7-8-28-18(11-16)21(32)27-2)12-29-22(33)30-17-10-15(23(24,25)26)4-5-19(17)31/h3-11,31H,12H2,1-2H3,(H,27,32)(H2,29,30,33). The molecule has 0 fully saturated rings. The van der Waals surface area contributed by atoms with Gasteiger partial charge in [0.25, 0.3) is 5.91 Å². The lowest BCUT2D eigenvalue weighted by atomic mass is 10.1. The normalized spacial score (nSPS) is 11.0. The number of urea groups is 1. The SMILES string of the molecule is CNC(=O)c1cc(Oc2ccc(CNC(=O)Nc3cc(C(F)(F)F)ccc3O)cc2C)ccn1. The molecule has 0 unspecified atom stereocenters. The van der Waals surface area contributed by atoms with Crippen LogP contribution in [0.15, 0.2) is 54.7 Å². The minimum Gasteiger partial charge on any atom is -0.506 e. The van der Waals surface area contributed by atoms with E-state index in [2.05, 4.69) is 20.9 Å². The Kier molecular flexibility index (Phi) is 7.24. The number of nitrogens with one attached hydrogen (secondary N) is 3. The second kappa shape index (κ2) is 10.1. The van der Waals surface area contributed by atoms with E-state index < -0.39 is 23.5 Å². The molecule has 0 aliphatic heterocycles. The molecular formula is C23H21F3N4O4. The third kappa shape index (κ3) is 6.15. The summed E-state index contributed by atoms with van der Waals surface area (Å²) in [5, 5.41) is 16.9. The minimum atomic E-state index is -4.61. The molecule has 1 heterocycles. The van der Waals surface area contributed by atoms with Gasteiger partial charge in [0.05, 0.1) is 11.3 Å². The number of phenols is 1. The maximum Gasteiger partial charge on any atom is 0.416 e. The maximum absolute atomic E-state index is 12.8. The van der Waals surface area contributed by atoms with Gasteiger partial charge in [-0.05, 0) is 48.4 Å². The number of nitrogens with zero attached hydrogens (tertiary/aromatic N) is 1. The van der Waals surface area contributed by atoms with Crippen LogP contribution < -0.4 is 20.7 Å². The van der Waals surface area contributed by atoms with Crippen molar-refractivity contribution in [1.82, 2.24) is 15.6 Å². The van der Waals surface area contributed by atoms with Gasteiger partial charge in [-0.3, -0.25) is 9.78 Å². The first-order valence-corrected chi connectivity index (χ1v) is 9.97. The summed E-state index contributed by atoms with van der Waals surface area (Å²) in [6, 6.07) is 9.70. The summed E-state index contributed by atoms with van der Waals surface area (Å²) in [7, 11) is 1.50. The molecule has 0 aliphatic carbocycles. The predicted molar refractivity (Wildman–Crippen MR) is 118 cm³/mol. The van der Waals surface area contributed by atoms with Crippen LogP contribution in [0.3, 0.4) is 0 Å². The Bertz CT molecular complexity index is 1220. The number of halogens is 3. The van der Waals surface area contributed by atoms with Crippen LogP contribution in [0.4, 0.5) is 23.7 Å². The zero-order chi connectivity index (χ0) is 24.9. The first kappa shape index (κ1) is 24.4. The molecule has 0 saturated carbocycles. The molecule has 0 bridgehead atoms. The van der Waals surface area contributed by atoms with E-state index in [9.17, 15) is 27.9 Å². The highest BCUT2D eigenvalue weighted by Crippen LogP contribution is 2.34. The lowest BCUT2D eigenvalue weighted by Crippen LogP contribution is -2.28. The zero-order valence-corrected chi connectivity index (χ0v) is 18.2. The molecule has 2 aromatic carbocycles. The van der Waals surface area contributed by atoms with Crippen LogP contribution in [0, 0.1) is 6.92 Å². The van der Waals surface area contributed by atoms with E-state index in [1.54, 1.807) is 31.2 Å². The third-order valence-corrected chi connectivity index (χ3v) is 4.68. The molecule has 11 heteroatoms. The number of aromatic hydroxyl groups is 1. The van der Waals surface area contributed by atoms with Gasteiger partial charge in [-0.2, -0.15) is 13.2 Å². The Hall–Kier alpha value is -4.28. The fourth-order valence-corrected chi connectivity index (χ4v) is 2.95. The largest absolute Gasteiger partial charge is 0.506 e. The Morgan fingerprint density at radius 2 is 1.85 bits per heavy atom. The second-order valence-corrected chi connectivity index (χ2v) is 7.20. The molecule has 0 radical (unpaired) electrons. The number of carbonyl (C=O) groups excluding carboxylic acids is 2. The second-order valence-electron chi connectivity index (χ2n) is 7.20. The molecule has 8 nitrogen and oxygen atoms in total. The number of pyridine rings is 1. The number of rotatable bonds is 6. The smallest absolute Gasteiger partial charge is 0.416 e. The first-order valence-electron chi connectivity index (χ1n) is 9.97. The molecule has 0 saturated heterocycles. The number of aromatic nitrogens is 1. The van der Waals surface area contributed by atoms with E-state index in [1.807, 2.05) is 0 Å². The van der Waals surface area contributed by atoms with Crippen molar-refractivity contribution >= 4 is 17.6 Å². The van der Waals surface area contributed by atoms with Crippen molar-refractivity contribution in [3.8, 4) is 17.2 Å². The predicted octanol–water partition coefficient (Wildman–Crippen LogP) is 4.59. The van der Waals surface area contributed by atoms with Crippen LogP contribution in [0.5, 0.6) is 17.2 Å². The van der Waals surface area contributed by atoms with Crippen LogP contribution in [0.1, 0.15) is 27.2 Å². The Morgan fingerprint density at radius 3 is 2.53 bits per heavy atom. The zero-order valence-electron chi connectivity index (χ0n) is 18.2. The fourth-order valence-electron chi connectivity index (χ4n) is 2.95. The van der Waals surface area contributed by atoms with Gasteiger partial charge in [0.15, 0.2) is 0 Å². The van der Waals surface area contributed by atoms with Crippen molar-refractivity contribution in [2.24, 2.45) is 0 Å². The van der Waals surface area contributed by atoms with E-state index in [-0.39, 0.29) is 23.8 Å². The highest BCUT2D eigenvalue weighted by molar-refractivity contribution is 5.92. The van der Waals surface area contributed by atoms with Gasteiger partial charge in [-0.1, -0.05) is 12.1 Å². The molecular weight excluding hydrogens is 453 g/mol. The molecule has 178 valence electrons. The molecule has 0 spiro atoms. The summed E-state index contributed by atoms with van der Waals surface area (Å²) in [5.74, 6) is 0.107. The van der Waals surface area contributed by atoms with Crippen molar-refractivity contribution in [2.45, 2.75) is 19.6 Å². The molecule has 0 aliphatic rings. The molecule has 34 heavy (non-hydrogen) atoms. The van der Waals surface area contributed by atoms with Gasteiger partial charge in [-0.15, -0.1) is 0 Å². The van der Waals surface area contributed by atoms with E-state index >= 15 is 0 Å². The highest BCUT2D eigenvalue weighted by atomic mass is 19.4. The third-order valence-electron chi connectivity index (χ3n) is 4.68. The van der Waals surface area contributed by atoms with Gasteiger partial charge >= 0.3 is 12.2 Å². The van der Waals surface area contributed by atoms with Crippen molar-refractivity contribution < 1.29 is 32.6 Å². The van der Waals surface area contributed by atoms with Crippen LogP contribution in [0.2, 0.25) is 0 Å². The van der Waals surface area contributed by atoms with Crippen LogP contribution in [-0.2, 0) is 12.7 Å². The van der Waals surface area contributed by atoms with Crippen molar-refractivity contribution in [1.29, 1.82) is 0 Å². The van der Waals surface area contributed by atoms with Crippen molar-refractivity contribution in [2.75, 3.05) is 12.4 Å². The number of aryl methyl sites for hydroxylation is 1. The van der Waals surface area contributed by atoms with E-state index in [1.165, 1.54) is 19.3 Å². The quantitative estimate of drug-likeness (QED) is 0.391. The molecule has 0 atom stereocenters. The minimum absolute atomic E-state index is 0.0722. The number of amides is 3. The monoisotopic (exact) mass is 474 g/mol. The first-order chi connectivity index (χ1) is 16.1. The van der Waals surface area contributed by atoms with E-state index in [0.29, 0.717) is 23.1 Å². The summed E-state index contributed by atoms with van der Waals surface area (Å²) >= 11 is 0. The number of carbonyl (C=O) groups is 2. The summed E-state index contributed by atoms with van der Waals surface area (Å²) in [6.07, 6.45) is -3.16. The van der Waals surface area contributed by atoms with E-state index in [0.717, 1.165) is 17.7 Å².